The first-order chi connectivity index (χ1) is 10.2. The number of nitrogens with one attached hydrogen (secondary N) is 2. The Balaban J connectivity index is 1.79. The molecule has 0 aromatic heterocycles. The lowest BCUT2D eigenvalue weighted by molar-refractivity contribution is 0.240. The van der Waals surface area contributed by atoms with E-state index in [1.165, 1.54) is 12.1 Å². The van der Waals surface area contributed by atoms with Gasteiger partial charge in [-0.1, -0.05) is 36.4 Å². The standard InChI is InChI=1S/C16H18FN3O/c17-15-6-2-5-14(8-15)11-20-16(21)19-10-13-4-1-3-12(7-13)9-18/h1-8H,9-11,18H2,(H2,19,20,21). The summed E-state index contributed by atoms with van der Waals surface area (Å²) in [5, 5.41) is 5.43. The van der Waals surface area contributed by atoms with Crippen molar-refractivity contribution in [3.05, 3.63) is 71.0 Å². The van der Waals surface area contributed by atoms with Gasteiger partial charge in [0.15, 0.2) is 0 Å². The van der Waals surface area contributed by atoms with Gasteiger partial charge in [0.25, 0.3) is 0 Å². The molecule has 0 unspecified atom stereocenters. The van der Waals surface area contributed by atoms with Crippen LogP contribution >= 0.6 is 0 Å². The minimum Gasteiger partial charge on any atom is -0.334 e. The Bertz CT molecular complexity index is 616. The predicted molar refractivity (Wildman–Crippen MR) is 79.8 cm³/mol. The Morgan fingerprint density at radius 2 is 1.52 bits per heavy atom. The van der Waals surface area contributed by atoms with Gasteiger partial charge < -0.3 is 16.4 Å². The summed E-state index contributed by atoms with van der Waals surface area (Å²) < 4.78 is 13.0. The van der Waals surface area contributed by atoms with E-state index in [2.05, 4.69) is 10.6 Å². The first kappa shape index (κ1) is 15.0. The van der Waals surface area contributed by atoms with Crippen LogP contribution in [0.3, 0.4) is 0 Å². The molecular formula is C16H18FN3O. The van der Waals surface area contributed by atoms with Gasteiger partial charge in [0.05, 0.1) is 0 Å². The molecule has 5 heteroatoms. The summed E-state index contributed by atoms with van der Waals surface area (Å²) in [7, 11) is 0. The molecule has 0 heterocycles. The average Bonchev–Trinajstić information content (AvgIpc) is 2.51. The summed E-state index contributed by atoms with van der Waals surface area (Å²) in [6.45, 7) is 1.18. The van der Waals surface area contributed by atoms with Gasteiger partial charge in [0, 0.05) is 19.6 Å². The highest BCUT2D eigenvalue weighted by molar-refractivity contribution is 5.73. The molecule has 2 aromatic rings. The van der Waals surface area contributed by atoms with Crippen LogP contribution in [0.4, 0.5) is 9.18 Å². The normalized spacial score (nSPS) is 10.2. The van der Waals surface area contributed by atoms with Gasteiger partial charge in [-0.25, -0.2) is 9.18 Å². The van der Waals surface area contributed by atoms with Crippen LogP contribution in [0.15, 0.2) is 48.5 Å². The first-order valence-corrected chi connectivity index (χ1v) is 6.71. The van der Waals surface area contributed by atoms with Crippen LogP contribution in [-0.4, -0.2) is 6.03 Å². The van der Waals surface area contributed by atoms with Crippen molar-refractivity contribution in [2.24, 2.45) is 5.73 Å². The summed E-state index contributed by atoms with van der Waals surface area (Å²) in [4.78, 5) is 11.7. The van der Waals surface area contributed by atoms with Crippen LogP contribution in [-0.2, 0) is 19.6 Å². The predicted octanol–water partition coefficient (Wildman–Crippen LogP) is 2.28. The zero-order valence-electron chi connectivity index (χ0n) is 11.6. The van der Waals surface area contributed by atoms with Crippen LogP contribution in [0.25, 0.3) is 0 Å². The highest BCUT2D eigenvalue weighted by Gasteiger charge is 2.02. The number of halogens is 1. The SMILES string of the molecule is NCc1cccc(CNC(=O)NCc2cccc(F)c2)c1. The minimum absolute atomic E-state index is 0.284. The van der Waals surface area contributed by atoms with E-state index in [-0.39, 0.29) is 18.4 Å². The van der Waals surface area contributed by atoms with Crippen molar-refractivity contribution in [2.75, 3.05) is 0 Å². The second-order valence-electron chi connectivity index (χ2n) is 4.69. The third-order valence-corrected chi connectivity index (χ3v) is 3.02. The lowest BCUT2D eigenvalue weighted by Crippen LogP contribution is -2.34. The van der Waals surface area contributed by atoms with Crippen molar-refractivity contribution >= 4 is 6.03 Å². The lowest BCUT2D eigenvalue weighted by Gasteiger charge is -2.08. The third-order valence-electron chi connectivity index (χ3n) is 3.02. The molecule has 0 spiro atoms. The fourth-order valence-electron chi connectivity index (χ4n) is 1.94. The Labute approximate surface area is 123 Å². The first-order valence-electron chi connectivity index (χ1n) is 6.71. The number of nitrogens with two attached hydrogens (primary N) is 1. The second kappa shape index (κ2) is 7.40. The molecular weight excluding hydrogens is 269 g/mol. The maximum Gasteiger partial charge on any atom is 0.315 e. The molecule has 4 N–H and O–H groups in total. The molecule has 0 atom stereocenters. The summed E-state index contributed by atoms with van der Waals surface area (Å²) in [5.41, 5.74) is 8.29. The summed E-state index contributed by atoms with van der Waals surface area (Å²) in [5.74, 6) is -0.312. The number of amides is 2. The Morgan fingerprint density at radius 3 is 2.14 bits per heavy atom. The van der Waals surface area contributed by atoms with Gasteiger partial charge in [-0.15, -0.1) is 0 Å². The molecule has 4 nitrogen and oxygen atoms in total. The van der Waals surface area contributed by atoms with Crippen molar-refractivity contribution in [2.45, 2.75) is 19.6 Å². The number of benzene rings is 2. The van der Waals surface area contributed by atoms with Crippen molar-refractivity contribution in [1.82, 2.24) is 10.6 Å². The van der Waals surface area contributed by atoms with Crippen LogP contribution in [0, 0.1) is 5.82 Å². The molecule has 110 valence electrons. The molecule has 21 heavy (non-hydrogen) atoms. The molecule has 0 aliphatic heterocycles. The topological polar surface area (TPSA) is 67.1 Å². The van der Waals surface area contributed by atoms with E-state index < -0.39 is 0 Å². The summed E-state index contributed by atoms with van der Waals surface area (Å²) in [6.07, 6.45) is 0. The largest absolute Gasteiger partial charge is 0.334 e. The van der Waals surface area contributed by atoms with Crippen LogP contribution in [0.2, 0.25) is 0 Å². The van der Waals surface area contributed by atoms with Crippen LogP contribution < -0.4 is 16.4 Å². The third kappa shape index (κ3) is 4.89. The van der Waals surface area contributed by atoms with Crippen molar-refractivity contribution in [3.63, 3.8) is 0 Å². The smallest absolute Gasteiger partial charge is 0.315 e. The van der Waals surface area contributed by atoms with E-state index in [4.69, 9.17) is 5.73 Å². The Kier molecular flexibility index (Phi) is 5.29. The van der Waals surface area contributed by atoms with E-state index >= 15 is 0 Å². The van der Waals surface area contributed by atoms with Crippen molar-refractivity contribution in [3.8, 4) is 0 Å². The zero-order chi connectivity index (χ0) is 15.1. The molecule has 0 bridgehead atoms. The highest BCUT2D eigenvalue weighted by atomic mass is 19.1. The van der Waals surface area contributed by atoms with Gasteiger partial charge in [0.2, 0.25) is 0 Å². The molecule has 0 aliphatic rings. The quantitative estimate of drug-likeness (QED) is 0.790. The number of carbonyl (C=O) groups excluding carboxylic acids is 1. The number of hydrogen-bond acceptors (Lipinski definition) is 2. The monoisotopic (exact) mass is 287 g/mol. The van der Waals surface area contributed by atoms with E-state index in [0.29, 0.717) is 13.1 Å². The molecule has 2 amide bonds. The van der Waals surface area contributed by atoms with Gasteiger partial charge in [-0.2, -0.15) is 0 Å². The van der Waals surface area contributed by atoms with Gasteiger partial charge in [0.1, 0.15) is 5.82 Å². The number of carbonyl (C=O) groups is 1. The second-order valence-corrected chi connectivity index (χ2v) is 4.69. The lowest BCUT2D eigenvalue weighted by atomic mass is 10.1. The highest BCUT2D eigenvalue weighted by Crippen LogP contribution is 2.04. The summed E-state index contributed by atoms with van der Waals surface area (Å²) >= 11 is 0. The molecule has 0 fully saturated rings. The van der Waals surface area contributed by atoms with E-state index in [1.807, 2.05) is 24.3 Å². The summed E-state index contributed by atoms with van der Waals surface area (Å²) in [6, 6.07) is 13.6. The molecule has 2 aromatic carbocycles. The van der Waals surface area contributed by atoms with E-state index in [1.54, 1.807) is 12.1 Å². The fourth-order valence-corrected chi connectivity index (χ4v) is 1.94. The van der Waals surface area contributed by atoms with Crippen molar-refractivity contribution in [1.29, 1.82) is 0 Å². The van der Waals surface area contributed by atoms with E-state index in [9.17, 15) is 9.18 Å². The molecule has 0 radical (unpaired) electrons. The molecule has 2 rings (SSSR count). The molecule has 0 aliphatic carbocycles. The molecule has 0 saturated heterocycles. The van der Waals surface area contributed by atoms with Gasteiger partial charge in [-0.3, -0.25) is 0 Å². The minimum atomic E-state index is -0.312. The van der Waals surface area contributed by atoms with Crippen molar-refractivity contribution < 1.29 is 9.18 Å². The Morgan fingerprint density at radius 1 is 0.952 bits per heavy atom. The van der Waals surface area contributed by atoms with Crippen LogP contribution in [0.5, 0.6) is 0 Å². The average molecular weight is 287 g/mol. The van der Waals surface area contributed by atoms with Gasteiger partial charge >= 0.3 is 6.03 Å². The van der Waals surface area contributed by atoms with Crippen LogP contribution in [0.1, 0.15) is 16.7 Å². The zero-order valence-corrected chi connectivity index (χ0v) is 11.6. The van der Waals surface area contributed by atoms with E-state index in [0.717, 1.165) is 16.7 Å². The number of rotatable bonds is 5. The van der Waals surface area contributed by atoms with Gasteiger partial charge in [-0.05, 0) is 28.8 Å². The fraction of sp³-hybridized carbons (Fsp3) is 0.188. The molecule has 0 saturated carbocycles. The Hall–Kier alpha value is -2.40. The maximum absolute atomic E-state index is 13.0. The number of hydrogen-bond donors (Lipinski definition) is 3. The number of urea groups is 1. The maximum atomic E-state index is 13.0.